The smallest absolute Gasteiger partial charge is 0.127 e. The minimum atomic E-state index is -1.31. The van der Waals surface area contributed by atoms with Crippen LogP contribution in [0.3, 0.4) is 0 Å². The summed E-state index contributed by atoms with van der Waals surface area (Å²) in [5.41, 5.74) is 7.73. The van der Waals surface area contributed by atoms with Gasteiger partial charge in [-0.2, -0.15) is 0 Å². The van der Waals surface area contributed by atoms with Crippen LogP contribution in [0.25, 0.3) is 11.1 Å². The molecule has 0 amide bonds. The summed E-state index contributed by atoms with van der Waals surface area (Å²) >= 11 is 0. The molecule has 0 nitrogen and oxygen atoms in total. The summed E-state index contributed by atoms with van der Waals surface area (Å²) in [5, 5.41) is 0. The first-order valence-electron chi connectivity index (χ1n) is 6.68. The molecule has 0 aliphatic rings. The maximum absolute atomic E-state index is 5.36. The normalized spacial score (nSPS) is 10.3. The van der Waals surface area contributed by atoms with Crippen molar-refractivity contribution in [2.24, 2.45) is 0 Å². The molecule has 0 spiro atoms. The van der Waals surface area contributed by atoms with E-state index in [9.17, 15) is 0 Å². The molecule has 0 heterocycles. The van der Waals surface area contributed by atoms with Crippen molar-refractivity contribution in [3.8, 4) is 34.9 Å². The number of rotatable bonds is 1. The Hall–Kier alpha value is -2.22. The van der Waals surface area contributed by atoms with Gasteiger partial charge < -0.3 is 0 Å². The van der Waals surface area contributed by atoms with E-state index in [0.717, 1.165) is 11.1 Å². The first-order valence-corrected chi connectivity index (χ1v) is 10.2. The minimum Gasteiger partial charge on any atom is -0.127 e. The molecular formula is C19H18Si. The van der Waals surface area contributed by atoms with Crippen LogP contribution in [0.1, 0.15) is 11.1 Å². The molecule has 1 heteroatoms. The van der Waals surface area contributed by atoms with E-state index in [1.807, 2.05) is 12.1 Å². The van der Waals surface area contributed by atoms with E-state index < -0.39 is 8.07 Å². The van der Waals surface area contributed by atoms with E-state index in [1.165, 1.54) is 11.1 Å². The molecule has 98 valence electrons. The summed E-state index contributed by atoms with van der Waals surface area (Å²) in [6, 6.07) is 16.4. The second kappa shape index (κ2) is 5.82. The van der Waals surface area contributed by atoms with Crippen molar-refractivity contribution in [3.63, 3.8) is 0 Å². The van der Waals surface area contributed by atoms with Crippen LogP contribution in [0, 0.1) is 23.8 Å². The lowest BCUT2D eigenvalue weighted by Crippen LogP contribution is -2.16. The molecule has 2 aromatic rings. The second-order valence-corrected chi connectivity index (χ2v) is 10.5. The average molecular weight is 274 g/mol. The predicted octanol–water partition coefficient (Wildman–Crippen LogP) is 4.56. The van der Waals surface area contributed by atoms with Crippen molar-refractivity contribution in [1.29, 1.82) is 0 Å². The van der Waals surface area contributed by atoms with E-state index in [1.54, 1.807) is 0 Å². The zero-order chi connectivity index (χ0) is 14.6. The van der Waals surface area contributed by atoms with Crippen LogP contribution in [0.5, 0.6) is 0 Å². The molecule has 0 aromatic heterocycles. The van der Waals surface area contributed by atoms with Gasteiger partial charge in [-0.05, 0) is 35.4 Å². The van der Waals surface area contributed by atoms with Crippen molar-refractivity contribution < 1.29 is 0 Å². The molecule has 20 heavy (non-hydrogen) atoms. The summed E-state index contributed by atoms with van der Waals surface area (Å²) in [7, 11) is -1.31. The molecule has 0 aliphatic carbocycles. The topological polar surface area (TPSA) is 0 Å². The Morgan fingerprint density at radius 1 is 0.750 bits per heavy atom. The summed E-state index contributed by atoms with van der Waals surface area (Å²) in [4.78, 5) is 0. The Kier molecular flexibility index (Phi) is 4.13. The van der Waals surface area contributed by atoms with Gasteiger partial charge in [-0.15, -0.1) is 12.0 Å². The fourth-order valence-electron chi connectivity index (χ4n) is 1.76. The number of terminal acetylenes is 1. The fourth-order valence-corrected chi connectivity index (χ4v) is 2.28. The Morgan fingerprint density at radius 2 is 1.20 bits per heavy atom. The highest BCUT2D eigenvalue weighted by Gasteiger charge is 2.07. The highest BCUT2D eigenvalue weighted by atomic mass is 28.3. The molecule has 0 aliphatic heterocycles. The minimum absolute atomic E-state index is 0.909. The average Bonchev–Trinajstić information content (AvgIpc) is 2.45. The largest absolute Gasteiger partial charge is 0.129 e. The van der Waals surface area contributed by atoms with Crippen LogP contribution in [0.15, 0.2) is 48.5 Å². The second-order valence-electron chi connectivity index (χ2n) is 5.80. The SMILES string of the molecule is C#Cc1ccc(-c2ccc(C#C[Si](C)(C)C)cc2)cc1. The first kappa shape index (κ1) is 14.2. The van der Waals surface area contributed by atoms with Gasteiger partial charge in [0, 0.05) is 11.1 Å². The lowest BCUT2D eigenvalue weighted by Gasteiger charge is -2.04. The Morgan fingerprint density at radius 3 is 1.60 bits per heavy atom. The number of hydrogen-bond donors (Lipinski definition) is 0. The lowest BCUT2D eigenvalue weighted by molar-refractivity contribution is 1.58. The molecule has 2 aromatic carbocycles. The first-order chi connectivity index (χ1) is 9.48. The highest BCUT2D eigenvalue weighted by Crippen LogP contribution is 2.20. The standard InChI is InChI=1S/C19H18Si/c1-5-16-6-10-18(11-7-16)19-12-8-17(9-13-19)14-15-20(2,3)4/h1,6-13H,2-4H3. The maximum atomic E-state index is 5.36. The van der Waals surface area contributed by atoms with E-state index >= 15 is 0 Å². The van der Waals surface area contributed by atoms with Crippen LogP contribution in [0.2, 0.25) is 19.6 Å². The molecule has 0 atom stereocenters. The van der Waals surface area contributed by atoms with Gasteiger partial charge >= 0.3 is 0 Å². The lowest BCUT2D eigenvalue weighted by atomic mass is 10.0. The predicted molar refractivity (Wildman–Crippen MR) is 90.0 cm³/mol. The third-order valence-corrected chi connectivity index (χ3v) is 3.73. The molecule has 2 rings (SSSR count). The number of benzene rings is 2. The Balaban J connectivity index is 2.23. The molecule has 0 radical (unpaired) electrons. The van der Waals surface area contributed by atoms with Gasteiger partial charge in [-0.25, -0.2) is 0 Å². The van der Waals surface area contributed by atoms with Crippen molar-refractivity contribution in [3.05, 3.63) is 59.7 Å². The quantitative estimate of drug-likeness (QED) is 0.528. The van der Waals surface area contributed by atoms with E-state index in [4.69, 9.17) is 6.42 Å². The van der Waals surface area contributed by atoms with E-state index in [2.05, 4.69) is 73.4 Å². The van der Waals surface area contributed by atoms with Crippen LogP contribution >= 0.6 is 0 Å². The van der Waals surface area contributed by atoms with Crippen molar-refractivity contribution in [1.82, 2.24) is 0 Å². The van der Waals surface area contributed by atoms with E-state index in [-0.39, 0.29) is 0 Å². The van der Waals surface area contributed by atoms with Gasteiger partial charge in [0.25, 0.3) is 0 Å². The van der Waals surface area contributed by atoms with Gasteiger partial charge in [0.15, 0.2) is 0 Å². The van der Waals surface area contributed by atoms with Gasteiger partial charge in [-0.1, -0.05) is 55.7 Å². The summed E-state index contributed by atoms with van der Waals surface area (Å²) < 4.78 is 0. The van der Waals surface area contributed by atoms with Crippen molar-refractivity contribution in [2.45, 2.75) is 19.6 Å². The molecule has 0 N–H and O–H groups in total. The molecule has 0 bridgehead atoms. The van der Waals surface area contributed by atoms with E-state index in [0.29, 0.717) is 0 Å². The summed E-state index contributed by atoms with van der Waals surface area (Å²) in [6.45, 7) is 6.75. The Labute approximate surface area is 122 Å². The van der Waals surface area contributed by atoms with Gasteiger partial charge in [0.1, 0.15) is 8.07 Å². The third kappa shape index (κ3) is 3.89. The molecule has 0 fully saturated rings. The molecule has 0 unspecified atom stereocenters. The van der Waals surface area contributed by atoms with Crippen LogP contribution in [-0.2, 0) is 0 Å². The summed E-state index contributed by atoms with van der Waals surface area (Å²) in [5.74, 6) is 5.90. The summed E-state index contributed by atoms with van der Waals surface area (Å²) in [6.07, 6.45) is 5.36. The van der Waals surface area contributed by atoms with Gasteiger partial charge in [0.05, 0.1) is 0 Å². The van der Waals surface area contributed by atoms with Crippen molar-refractivity contribution >= 4 is 8.07 Å². The van der Waals surface area contributed by atoms with Gasteiger partial charge in [-0.3, -0.25) is 0 Å². The zero-order valence-corrected chi connectivity index (χ0v) is 13.2. The zero-order valence-electron chi connectivity index (χ0n) is 12.2. The van der Waals surface area contributed by atoms with Crippen LogP contribution < -0.4 is 0 Å². The van der Waals surface area contributed by atoms with Crippen LogP contribution in [-0.4, -0.2) is 8.07 Å². The highest BCUT2D eigenvalue weighted by molar-refractivity contribution is 6.83. The molecular weight excluding hydrogens is 256 g/mol. The Bertz CT molecular complexity index is 681. The van der Waals surface area contributed by atoms with Crippen LogP contribution in [0.4, 0.5) is 0 Å². The number of hydrogen-bond acceptors (Lipinski definition) is 0. The molecule has 0 saturated carbocycles. The third-order valence-electron chi connectivity index (χ3n) is 2.85. The van der Waals surface area contributed by atoms with Crippen molar-refractivity contribution in [2.75, 3.05) is 0 Å². The van der Waals surface area contributed by atoms with Gasteiger partial charge in [0.2, 0.25) is 0 Å². The molecule has 0 saturated heterocycles. The maximum Gasteiger partial charge on any atom is 0.129 e. The monoisotopic (exact) mass is 274 g/mol. The fraction of sp³-hybridized carbons (Fsp3) is 0.158.